The van der Waals surface area contributed by atoms with Crippen molar-refractivity contribution in [1.29, 1.82) is 0 Å². The molecule has 2 aromatic rings. The van der Waals surface area contributed by atoms with Crippen molar-refractivity contribution >= 4 is 11.8 Å². The number of nitrogens with one attached hydrogen (secondary N) is 1. The van der Waals surface area contributed by atoms with Crippen molar-refractivity contribution in [3.05, 3.63) is 71.3 Å². The van der Waals surface area contributed by atoms with Gasteiger partial charge in [-0.05, 0) is 30.2 Å². The molecular formula is C20H22F2N2O2. The summed E-state index contributed by atoms with van der Waals surface area (Å²) in [7, 11) is 1.60. The van der Waals surface area contributed by atoms with Crippen molar-refractivity contribution in [3.8, 4) is 0 Å². The van der Waals surface area contributed by atoms with Crippen LogP contribution in [0, 0.1) is 11.6 Å². The van der Waals surface area contributed by atoms with Crippen molar-refractivity contribution in [2.75, 3.05) is 7.05 Å². The lowest BCUT2D eigenvalue weighted by Crippen LogP contribution is -2.35. The van der Waals surface area contributed by atoms with Gasteiger partial charge in [-0.2, -0.15) is 0 Å². The van der Waals surface area contributed by atoms with E-state index < -0.39 is 23.7 Å². The van der Waals surface area contributed by atoms with Gasteiger partial charge in [-0.25, -0.2) is 8.78 Å². The summed E-state index contributed by atoms with van der Waals surface area (Å²) in [4.78, 5) is 25.6. The van der Waals surface area contributed by atoms with E-state index in [2.05, 4.69) is 5.32 Å². The third kappa shape index (κ3) is 4.88. The summed E-state index contributed by atoms with van der Waals surface area (Å²) >= 11 is 0. The van der Waals surface area contributed by atoms with Crippen LogP contribution in [0.4, 0.5) is 8.78 Å². The topological polar surface area (TPSA) is 49.4 Å². The predicted octanol–water partition coefficient (Wildman–Crippen LogP) is 3.75. The molecule has 0 aliphatic heterocycles. The molecule has 4 nitrogen and oxygen atoms in total. The Kier molecular flexibility index (Phi) is 6.44. The van der Waals surface area contributed by atoms with Crippen LogP contribution < -0.4 is 5.32 Å². The Bertz CT molecular complexity index is 781. The second-order valence-corrected chi connectivity index (χ2v) is 6.22. The van der Waals surface area contributed by atoms with Gasteiger partial charge in [0.15, 0.2) is 11.6 Å². The maximum Gasteiger partial charge on any atom is 0.225 e. The second-order valence-electron chi connectivity index (χ2n) is 6.22. The first kappa shape index (κ1) is 19.6. The Morgan fingerprint density at radius 3 is 2.27 bits per heavy atom. The molecule has 2 unspecified atom stereocenters. The number of hydrogen-bond acceptors (Lipinski definition) is 2. The Morgan fingerprint density at radius 2 is 1.69 bits per heavy atom. The molecule has 2 rings (SSSR count). The van der Waals surface area contributed by atoms with Gasteiger partial charge < -0.3 is 10.2 Å². The van der Waals surface area contributed by atoms with Gasteiger partial charge in [-0.1, -0.05) is 36.4 Å². The average molecular weight is 360 g/mol. The van der Waals surface area contributed by atoms with E-state index in [-0.39, 0.29) is 18.2 Å². The van der Waals surface area contributed by atoms with Crippen molar-refractivity contribution in [3.63, 3.8) is 0 Å². The van der Waals surface area contributed by atoms with E-state index in [1.807, 2.05) is 30.3 Å². The van der Waals surface area contributed by atoms with Crippen LogP contribution in [-0.4, -0.2) is 23.8 Å². The molecule has 0 radical (unpaired) electrons. The van der Waals surface area contributed by atoms with E-state index in [9.17, 15) is 18.4 Å². The highest BCUT2D eigenvalue weighted by molar-refractivity contribution is 5.79. The van der Waals surface area contributed by atoms with E-state index >= 15 is 0 Å². The average Bonchev–Trinajstić information content (AvgIpc) is 2.62. The van der Waals surface area contributed by atoms with E-state index in [4.69, 9.17) is 0 Å². The first-order valence-corrected chi connectivity index (χ1v) is 8.32. The van der Waals surface area contributed by atoms with Crippen molar-refractivity contribution in [1.82, 2.24) is 10.2 Å². The summed E-state index contributed by atoms with van der Waals surface area (Å²) in [6.07, 6.45) is 0.0636. The highest BCUT2D eigenvalue weighted by atomic mass is 19.2. The fraction of sp³-hybridized carbons (Fsp3) is 0.300. The Morgan fingerprint density at radius 1 is 1.04 bits per heavy atom. The number of nitrogens with zero attached hydrogens (tertiary/aromatic N) is 1. The predicted molar refractivity (Wildman–Crippen MR) is 95.2 cm³/mol. The molecule has 0 fully saturated rings. The van der Waals surface area contributed by atoms with Gasteiger partial charge >= 0.3 is 0 Å². The maximum absolute atomic E-state index is 13.5. The zero-order valence-electron chi connectivity index (χ0n) is 15.0. The third-order valence-electron chi connectivity index (χ3n) is 4.36. The molecule has 2 aromatic carbocycles. The minimum Gasteiger partial charge on any atom is -0.349 e. The van der Waals surface area contributed by atoms with E-state index in [0.29, 0.717) is 5.56 Å². The first-order chi connectivity index (χ1) is 12.3. The molecule has 1 N–H and O–H groups in total. The summed E-state index contributed by atoms with van der Waals surface area (Å²) in [5.74, 6) is -2.33. The summed E-state index contributed by atoms with van der Waals surface area (Å²) in [5, 5.41) is 2.78. The maximum atomic E-state index is 13.5. The molecule has 0 heterocycles. The van der Waals surface area contributed by atoms with Crippen LogP contribution in [0.3, 0.4) is 0 Å². The lowest BCUT2D eigenvalue weighted by atomic mass is 10.0. The molecule has 26 heavy (non-hydrogen) atoms. The minimum atomic E-state index is -0.949. The van der Waals surface area contributed by atoms with Gasteiger partial charge in [0.25, 0.3) is 0 Å². The van der Waals surface area contributed by atoms with Crippen LogP contribution in [0.5, 0.6) is 0 Å². The molecule has 0 spiro atoms. The molecule has 138 valence electrons. The lowest BCUT2D eigenvalue weighted by molar-refractivity contribution is -0.132. The first-order valence-electron chi connectivity index (χ1n) is 8.32. The number of rotatable bonds is 6. The number of hydrogen-bond donors (Lipinski definition) is 1. The van der Waals surface area contributed by atoms with Gasteiger partial charge in [0.05, 0.1) is 18.5 Å². The monoisotopic (exact) mass is 360 g/mol. The van der Waals surface area contributed by atoms with Crippen molar-refractivity contribution in [2.45, 2.75) is 32.4 Å². The molecule has 0 saturated heterocycles. The summed E-state index contributed by atoms with van der Waals surface area (Å²) in [6.45, 7) is 3.13. The largest absolute Gasteiger partial charge is 0.349 e. The Labute approximate surface area is 151 Å². The Balaban J connectivity index is 2.14. The quantitative estimate of drug-likeness (QED) is 0.853. The van der Waals surface area contributed by atoms with Crippen molar-refractivity contribution < 1.29 is 18.4 Å². The number of amides is 2. The van der Waals surface area contributed by atoms with Gasteiger partial charge in [-0.3, -0.25) is 9.59 Å². The minimum absolute atomic E-state index is 0.0636. The van der Waals surface area contributed by atoms with Gasteiger partial charge in [0, 0.05) is 14.0 Å². The zero-order chi connectivity index (χ0) is 19.3. The molecule has 0 aromatic heterocycles. The number of halogens is 2. The summed E-state index contributed by atoms with van der Waals surface area (Å²) < 4.78 is 26.6. The number of benzene rings is 2. The molecule has 0 aliphatic rings. The fourth-order valence-electron chi connectivity index (χ4n) is 2.71. The fourth-order valence-corrected chi connectivity index (χ4v) is 2.71. The normalized spacial score (nSPS) is 13.0. The highest BCUT2D eigenvalue weighted by Gasteiger charge is 2.23. The number of carbonyl (C=O) groups is 2. The lowest BCUT2D eigenvalue weighted by Gasteiger charge is -2.28. The zero-order valence-corrected chi connectivity index (χ0v) is 15.0. The van der Waals surface area contributed by atoms with Crippen LogP contribution >= 0.6 is 0 Å². The summed E-state index contributed by atoms with van der Waals surface area (Å²) in [6, 6.07) is 11.9. The molecule has 2 atom stereocenters. The van der Waals surface area contributed by atoms with Crippen LogP contribution in [0.2, 0.25) is 0 Å². The highest BCUT2D eigenvalue weighted by Crippen LogP contribution is 2.24. The van der Waals surface area contributed by atoms with Crippen molar-refractivity contribution in [2.24, 2.45) is 0 Å². The number of carbonyl (C=O) groups excluding carboxylic acids is 2. The summed E-state index contributed by atoms with van der Waals surface area (Å²) in [5.41, 5.74) is 1.32. The molecule has 6 heteroatoms. The van der Waals surface area contributed by atoms with Gasteiger partial charge in [0.1, 0.15) is 0 Å². The second kappa shape index (κ2) is 8.56. The molecule has 0 bridgehead atoms. The SMILES string of the molecule is CC(=O)NC(CC(=O)N(C)C(C)c1ccc(F)c(F)c1)c1ccccc1. The molecule has 0 aliphatic carbocycles. The molecular weight excluding hydrogens is 338 g/mol. The Hall–Kier alpha value is -2.76. The molecule has 0 saturated carbocycles. The molecule has 2 amide bonds. The standard InChI is InChI=1S/C20H22F2N2O2/c1-13(16-9-10-17(21)18(22)11-16)24(3)20(26)12-19(23-14(2)25)15-7-5-4-6-8-15/h4-11,13,19H,12H2,1-3H3,(H,23,25). The van der Waals surface area contributed by atoms with Crippen LogP contribution in [-0.2, 0) is 9.59 Å². The van der Waals surface area contributed by atoms with Crippen LogP contribution in [0.15, 0.2) is 48.5 Å². The van der Waals surface area contributed by atoms with Crippen LogP contribution in [0.25, 0.3) is 0 Å². The van der Waals surface area contributed by atoms with Gasteiger partial charge in [-0.15, -0.1) is 0 Å². The van der Waals surface area contributed by atoms with Crippen LogP contribution in [0.1, 0.15) is 43.5 Å². The van der Waals surface area contributed by atoms with E-state index in [0.717, 1.165) is 17.7 Å². The van der Waals surface area contributed by atoms with Gasteiger partial charge in [0.2, 0.25) is 11.8 Å². The van der Waals surface area contributed by atoms with E-state index in [1.54, 1.807) is 14.0 Å². The van der Waals surface area contributed by atoms with E-state index in [1.165, 1.54) is 17.9 Å². The third-order valence-corrected chi connectivity index (χ3v) is 4.36. The smallest absolute Gasteiger partial charge is 0.225 e.